The molecule has 3 aliphatic rings. The second-order valence-electron chi connectivity index (χ2n) is 9.31. The minimum absolute atomic E-state index is 0.263. The van der Waals surface area contributed by atoms with E-state index in [0.29, 0.717) is 46.9 Å². The molecule has 3 aromatic heterocycles. The smallest absolute Gasteiger partial charge is 0.270 e. The molecule has 1 aromatic carbocycles. The average molecular weight is 471 g/mol. The van der Waals surface area contributed by atoms with Gasteiger partial charge in [-0.05, 0) is 62.1 Å². The summed E-state index contributed by atoms with van der Waals surface area (Å²) in [6.07, 6.45) is 3.45. The highest BCUT2D eigenvalue weighted by Gasteiger charge is 2.68. The molecule has 2 bridgehead atoms. The van der Waals surface area contributed by atoms with Crippen molar-refractivity contribution < 1.29 is 9.90 Å². The van der Waals surface area contributed by atoms with Gasteiger partial charge in [-0.15, -0.1) is 0 Å². The number of pyridine rings is 1. The molecule has 4 aromatic rings. The third-order valence-corrected chi connectivity index (χ3v) is 6.77. The number of carbonyl (C=O) groups is 1. The number of aliphatic hydroxyl groups is 1. The number of hydrogen-bond acceptors (Lipinski definition) is 6. The van der Waals surface area contributed by atoms with Gasteiger partial charge in [0.2, 0.25) is 0 Å². The van der Waals surface area contributed by atoms with Crippen LogP contribution in [0.1, 0.15) is 41.0 Å². The summed E-state index contributed by atoms with van der Waals surface area (Å²) in [7, 11) is 0. The fourth-order valence-corrected chi connectivity index (χ4v) is 5.45. The molecule has 7 rings (SSSR count). The van der Waals surface area contributed by atoms with E-state index in [1.165, 1.54) is 0 Å². The summed E-state index contributed by atoms with van der Waals surface area (Å²) in [6.45, 7) is 1.85. The van der Waals surface area contributed by atoms with E-state index >= 15 is 0 Å². The number of nitrogens with one attached hydrogen (secondary N) is 1. The van der Waals surface area contributed by atoms with E-state index in [1.807, 2.05) is 19.1 Å². The second-order valence-corrected chi connectivity index (χ2v) is 9.69. The van der Waals surface area contributed by atoms with Crippen LogP contribution in [0.2, 0.25) is 5.15 Å². The number of rotatable bonds is 4. The van der Waals surface area contributed by atoms with Crippen LogP contribution in [0.4, 0.5) is 0 Å². The van der Waals surface area contributed by atoms with Crippen LogP contribution in [0.15, 0.2) is 48.7 Å². The van der Waals surface area contributed by atoms with Crippen LogP contribution in [0.5, 0.6) is 0 Å². The zero-order valence-electron chi connectivity index (χ0n) is 18.2. The van der Waals surface area contributed by atoms with Gasteiger partial charge in [0.1, 0.15) is 16.5 Å². The second kappa shape index (κ2) is 7.10. The van der Waals surface area contributed by atoms with Crippen molar-refractivity contribution in [1.82, 2.24) is 24.9 Å². The highest BCUT2D eigenvalue weighted by molar-refractivity contribution is 6.29. The average Bonchev–Trinajstić information content (AvgIpc) is 3.15. The van der Waals surface area contributed by atoms with E-state index in [9.17, 15) is 15.2 Å². The number of fused-ring (bicyclic) bond motifs is 1. The van der Waals surface area contributed by atoms with Gasteiger partial charge in [0.25, 0.3) is 5.91 Å². The van der Waals surface area contributed by atoms with E-state index in [-0.39, 0.29) is 17.1 Å². The van der Waals surface area contributed by atoms with Gasteiger partial charge in [0.05, 0.1) is 22.8 Å². The summed E-state index contributed by atoms with van der Waals surface area (Å²) >= 11 is 6.27. The first-order valence-corrected chi connectivity index (χ1v) is 11.2. The fourth-order valence-electron chi connectivity index (χ4n) is 5.20. The van der Waals surface area contributed by atoms with Crippen LogP contribution in [0.25, 0.3) is 28.0 Å². The normalized spacial score (nSPS) is 22.5. The molecule has 3 saturated carbocycles. The summed E-state index contributed by atoms with van der Waals surface area (Å²) in [6, 6.07) is 14.6. The number of nitriles is 1. The molecule has 2 N–H and O–H groups in total. The van der Waals surface area contributed by atoms with Crippen molar-refractivity contribution in [3.05, 3.63) is 70.8 Å². The first kappa shape index (κ1) is 20.8. The quantitative estimate of drug-likeness (QED) is 0.439. The fraction of sp³-hybridized carbons (Fsp3) is 0.240. The van der Waals surface area contributed by atoms with Crippen LogP contribution in [-0.2, 0) is 0 Å². The maximum absolute atomic E-state index is 13.0. The third-order valence-electron chi connectivity index (χ3n) is 6.57. The number of hydrogen-bond donors (Lipinski definition) is 2. The van der Waals surface area contributed by atoms with Crippen molar-refractivity contribution >= 4 is 23.2 Å². The lowest BCUT2D eigenvalue weighted by atomic mass is 9.46. The Hall–Kier alpha value is -3.80. The van der Waals surface area contributed by atoms with Gasteiger partial charge in [-0.1, -0.05) is 23.7 Å². The Labute approximate surface area is 199 Å². The number of aromatic nitrogens is 4. The van der Waals surface area contributed by atoms with Crippen molar-refractivity contribution in [3.8, 4) is 28.5 Å². The monoisotopic (exact) mass is 470 g/mol. The van der Waals surface area contributed by atoms with Gasteiger partial charge >= 0.3 is 0 Å². The molecule has 0 aliphatic heterocycles. The molecule has 1 amide bonds. The van der Waals surface area contributed by atoms with Crippen molar-refractivity contribution in [2.75, 3.05) is 0 Å². The Morgan fingerprint density at radius 2 is 1.97 bits per heavy atom. The van der Waals surface area contributed by atoms with Gasteiger partial charge in [-0.3, -0.25) is 4.79 Å². The molecule has 0 atom stereocenters. The number of aryl methyl sites for hydroxylation is 1. The summed E-state index contributed by atoms with van der Waals surface area (Å²) in [5, 5.41) is 27.5. The molecule has 0 unspecified atom stereocenters. The molecule has 34 heavy (non-hydrogen) atoms. The Bertz CT molecular complexity index is 1510. The number of benzene rings is 1. The topological polar surface area (TPSA) is 116 Å². The van der Waals surface area contributed by atoms with Crippen molar-refractivity contribution in [2.45, 2.75) is 37.3 Å². The lowest BCUT2D eigenvalue weighted by Gasteiger charge is -2.67. The maximum Gasteiger partial charge on any atom is 0.270 e. The number of amides is 1. The Morgan fingerprint density at radius 1 is 1.18 bits per heavy atom. The zero-order valence-corrected chi connectivity index (χ0v) is 19.0. The lowest BCUT2D eigenvalue weighted by Crippen LogP contribution is -2.78. The van der Waals surface area contributed by atoms with Crippen molar-refractivity contribution in [1.29, 1.82) is 5.26 Å². The van der Waals surface area contributed by atoms with Crippen LogP contribution in [0.3, 0.4) is 0 Å². The van der Waals surface area contributed by atoms with Crippen LogP contribution >= 0.6 is 11.6 Å². The predicted molar refractivity (Wildman–Crippen MR) is 125 cm³/mol. The van der Waals surface area contributed by atoms with Gasteiger partial charge in [-0.25, -0.2) is 14.5 Å². The van der Waals surface area contributed by atoms with Gasteiger partial charge in [0.15, 0.2) is 5.65 Å². The first-order chi connectivity index (χ1) is 16.3. The third kappa shape index (κ3) is 3.24. The number of halogens is 1. The van der Waals surface area contributed by atoms with Gasteiger partial charge < -0.3 is 10.4 Å². The summed E-state index contributed by atoms with van der Waals surface area (Å²) < 4.78 is 1.62. The standard InChI is InChI=1S/C25H19ClN6O2/c1-14-7-17(9-19(26)28-14)20-21(16-4-2-3-15(8-16)10-27)31-32-6-5-18(29-22(20)32)23(33)30-24-11-25(34,12-24)13-24/h2-9,34H,11-13H2,1H3,(H,30,33). The Kier molecular flexibility index (Phi) is 4.34. The van der Waals surface area contributed by atoms with Crippen molar-refractivity contribution in [3.63, 3.8) is 0 Å². The lowest BCUT2D eigenvalue weighted by molar-refractivity contribution is -0.215. The number of nitrogens with zero attached hydrogens (tertiary/aromatic N) is 5. The van der Waals surface area contributed by atoms with E-state index < -0.39 is 5.60 Å². The van der Waals surface area contributed by atoms with Gasteiger partial charge in [0, 0.05) is 23.0 Å². The highest BCUT2D eigenvalue weighted by Crippen LogP contribution is 2.60. The SMILES string of the molecule is Cc1cc(-c2c(-c3cccc(C#N)c3)nn3ccc(C(=O)NC45CC(O)(C4)C5)nc23)cc(Cl)n1. The molecule has 3 heterocycles. The minimum atomic E-state index is -0.603. The van der Waals surface area contributed by atoms with Gasteiger partial charge in [-0.2, -0.15) is 10.4 Å². The van der Waals surface area contributed by atoms with Crippen molar-refractivity contribution in [2.24, 2.45) is 0 Å². The summed E-state index contributed by atoms with van der Waals surface area (Å²) in [5.74, 6) is -0.284. The van der Waals surface area contributed by atoms with Crippen LogP contribution in [0, 0.1) is 18.3 Å². The molecule has 9 heteroatoms. The molecule has 0 spiro atoms. The van der Waals surface area contributed by atoms with E-state index in [0.717, 1.165) is 16.8 Å². The van der Waals surface area contributed by atoms with E-state index in [2.05, 4.69) is 21.4 Å². The molecule has 0 saturated heterocycles. The predicted octanol–water partition coefficient (Wildman–Crippen LogP) is 3.69. The molecule has 3 fully saturated rings. The molecule has 168 valence electrons. The van der Waals surface area contributed by atoms with Crippen LogP contribution < -0.4 is 5.32 Å². The Morgan fingerprint density at radius 3 is 2.68 bits per heavy atom. The zero-order chi connectivity index (χ0) is 23.7. The molecule has 0 radical (unpaired) electrons. The van der Waals surface area contributed by atoms with Crippen LogP contribution in [-0.4, -0.2) is 41.7 Å². The summed E-state index contributed by atoms with van der Waals surface area (Å²) in [5.41, 5.74) is 3.89. The maximum atomic E-state index is 13.0. The molecular weight excluding hydrogens is 452 g/mol. The molecule has 3 aliphatic carbocycles. The molecular formula is C25H19ClN6O2. The largest absolute Gasteiger partial charge is 0.390 e. The number of carbonyl (C=O) groups excluding carboxylic acids is 1. The highest BCUT2D eigenvalue weighted by atomic mass is 35.5. The van der Waals surface area contributed by atoms with E-state index in [1.54, 1.807) is 41.0 Å². The van der Waals surface area contributed by atoms with E-state index in [4.69, 9.17) is 16.7 Å². The first-order valence-electron chi connectivity index (χ1n) is 10.9. The molecule has 8 nitrogen and oxygen atoms in total. The minimum Gasteiger partial charge on any atom is -0.390 e. The Balaban J connectivity index is 1.50. The summed E-state index contributed by atoms with van der Waals surface area (Å²) in [4.78, 5) is 21.9.